The van der Waals surface area contributed by atoms with Gasteiger partial charge in [0, 0.05) is 0 Å². The van der Waals surface area contributed by atoms with Crippen molar-refractivity contribution in [2.75, 3.05) is 14.1 Å². The first-order chi connectivity index (χ1) is 6.13. The second kappa shape index (κ2) is 4.05. The number of hydrogen-bond acceptors (Lipinski definition) is 3. The van der Waals surface area contributed by atoms with E-state index in [1.807, 2.05) is 26.2 Å². The van der Waals surface area contributed by atoms with Crippen LogP contribution in [0.2, 0.25) is 0 Å². The van der Waals surface area contributed by atoms with E-state index in [1.54, 1.807) is 12.2 Å². The van der Waals surface area contributed by atoms with Crippen molar-refractivity contribution in [3.05, 3.63) is 24.3 Å². The molecule has 0 aromatic heterocycles. The fourth-order valence-electron chi connectivity index (χ4n) is 1.24. The summed E-state index contributed by atoms with van der Waals surface area (Å²) < 4.78 is 0. The second-order valence-electron chi connectivity index (χ2n) is 2.92. The quantitative estimate of drug-likeness (QED) is 0.399. The molecule has 0 unspecified atom stereocenters. The lowest BCUT2D eigenvalue weighted by Crippen LogP contribution is -2.51. The fraction of sp³-hybridized carbons (Fsp3) is 0.444. The van der Waals surface area contributed by atoms with Crippen molar-refractivity contribution in [1.82, 2.24) is 10.6 Å². The van der Waals surface area contributed by atoms with Crippen molar-refractivity contribution in [3.8, 4) is 0 Å². The summed E-state index contributed by atoms with van der Waals surface area (Å²) in [4.78, 5) is 10.8. The number of likely N-dealkylation sites (N-methyl/N-ethyl adjacent to an activating group) is 2. The molecule has 4 heteroatoms. The summed E-state index contributed by atoms with van der Waals surface area (Å²) in [7, 11) is 3.68. The van der Waals surface area contributed by atoms with Crippen LogP contribution >= 0.6 is 11.6 Å². The summed E-state index contributed by atoms with van der Waals surface area (Å²) in [5.41, 5.74) is -0.344. The van der Waals surface area contributed by atoms with Crippen molar-refractivity contribution in [2.24, 2.45) is 5.92 Å². The highest BCUT2D eigenvalue weighted by Gasteiger charge is 2.24. The topological polar surface area (TPSA) is 41.1 Å². The molecule has 0 aliphatic heterocycles. The van der Waals surface area contributed by atoms with Gasteiger partial charge in [-0.05, 0) is 37.8 Å². The van der Waals surface area contributed by atoms with E-state index in [0.717, 1.165) is 0 Å². The summed E-state index contributed by atoms with van der Waals surface area (Å²) in [5.74, 6) is -0.295. The van der Waals surface area contributed by atoms with Crippen LogP contribution in [0.15, 0.2) is 24.3 Å². The molecule has 0 bridgehead atoms. The lowest BCUT2D eigenvalue weighted by Gasteiger charge is -2.29. The van der Waals surface area contributed by atoms with E-state index in [0.29, 0.717) is 0 Å². The Morgan fingerprint density at radius 1 is 1.31 bits per heavy atom. The molecule has 1 rings (SSSR count). The summed E-state index contributed by atoms with van der Waals surface area (Å²) in [6, 6.07) is 0. The zero-order valence-electron chi connectivity index (χ0n) is 7.67. The Morgan fingerprint density at radius 2 is 1.77 bits per heavy atom. The first-order valence-corrected chi connectivity index (χ1v) is 4.47. The Labute approximate surface area is 82.8 Å². The number of carbonyl (C=O) groups excluding carboxylic acids is 1. The van der Waals surface area contributed by atoms with Gasteiger partial charge in [-0.1, -0.05) is 12.2 Å². The minimum atomic E-state index is -0.353. The SMILES string of the molecule is CNC1(NC)C=CC(C(=O)Cl)C=C1. The average molecular weight is 201 g/mol. The van der Waals surface area contributed by atoms with Crippen LogP contribution in [0.3, 0.4) is 0 Å². The first-order valence-electron chi connectivity index (χ1n) is 4.09. The number of nitrogens with one attached hydrogen (secondary N) is 2. The van der Waals surface area contributed by atoms with Crippen LogP contribution in [-0.4, -0.2) is 25.0 Å². The number of allylic oxidation sites excluding steroid dienone is 2. The summed E-state index contributed by atoms with van der Waals surface area (Å²) in [5, 5.41) is 5.82. The van der Waals surface area contributed by atoms with Crippen LogP contribution in [0.25, 0.3) is 0 Å². The van der Waals surface area contributed by atoms with Gasteiger partial charge >= 0.3 is 0 Å². The summed E-state index contributed by atoms with van der Waals surface area (Å²) in [6.45, 7) is 0. The van der Waals surface area contributed by atoms with E-state index in [9.17, 15) is 4.79 Å². The van der Waals surface area contributed by atoms with Crippen LogP contribution in [0.4, 0.5) is 0 Å². The van der Waals surface area contributed by atoms with E-state index in [-0.39, 0.29) is 16.8 Å². The van der Waals surface area contributed by atoms with Crippen LogP contribution in [0, 0.1) is 5.92 Å². The molecule has 0 heterocycles. The van der Waals surface area contributed by atoms with Crippen LogP contribution < -0.4 is 10.6 Å². The lowest BCUT2D eigenvalue weighted by molar-refractivity contribution is -0.112. The van der Waals surface area contributed by atoms with Crippen molar-refractivity contribution in [1.29, 1.82) is 0 Å². The molecule has 2 N–H and O–H groups in total. The highest BCUT2D eigenvalue weighted by Crippen LogP contribution is 2.17. The molecule has 13 heavy (non-hydrogen) atoms. The van der Waals surface area contributed by atoms with Crippen molar-refractivity contribution < 1.29 is 4.79 Å². The van der Waals surface area contributed by atoms with Crippen molar-refractivity contribution in [2.45, 2.75) is 5.66 Å². The maximum absolute atomic E-state index is 10.8. The molecule has 3 nitrogen and oxygen atoms in total. The normalized spacial score (nSPS) is 20.5. The smallest absolute Gasteiger partial charge is 0.232 e. The number of hydrogen-bond donors (Lipinski definition) is 2. The Kier molecular flexibility index (Phi) is 3.25. The van der Waals surface area contributed by atoms with Gasteiger partial charge in [-0.3, -0.25) is 15.4 Å². The molecule has 0 fully saturated rings. The van der Waals surface area contributed by atoms with Gasteiger partial charge in [0.25, 0.3) is 0 Å². The Hall–Kier alpha value is -0.640. The Morgan fingerprint density at radius 3 is 2.08 bits per heavy atom. The molecule has 0 atom stereocenters. The Bertz CT molecular complexity index is 240. The zero-order valence-corrected chi connectivity index (χ0v) is 8.43. The molecular formula is C9H13ClN2O. The standard InChI is InChI=1S/C9H13ClN2O/c1-11-9(12-2)5-3-7(4-6-9)8(10)13/h3-7,11-12H,1-2H3. The van der Waals surface area contributed by atoms with Gasteiger partial charge in [0.05, 0.1) is 5.92 Å². The predicted octanol–water partition coefficient (Wildman–Crippen LogP) is 0.629. The van der Waals surface area contributed by atoms with Gasteiger partial charge in [0.2, 0.25) is 5.24 Å². The molecule has 0 aromatic carbocycles. The van der Waals surface area contributed by atoms with Gasteiger partial charge < -0.3 is 0 Å². The van der Waals surface area contributed by atoms with Gasteiger partial charge in [-0.15, -0.1) is 0 Å². The molecule has 0 aromatic rings. The largest absolute Gasteiger partial charge is 0.296 e. The number of halogens is 1. The van der Waals surface area contributed by atoms with Crippen LogP contribution in [0.5, 0.6) is 0 Å². The monoisotopic (exact) mass is 200 g/mol. The summed E-state index contributed by atoms with van der Waals surface area (Å²) >= 11 is 5.35. The molecule has 1 aliphatic carbocycles. The van der Waals surface area contributed by atoms with Gasteiger partial charge in [-0.25, -0.2) is 0 Å². The minimum Gasteiger partial charge on any atom is -0.296 e. The van der Waals surface area contributed by atoms with E-state index >= 15 is 0 Å². The van der Waals surface area contributed by atoms with Gasteiger partial charge in [0.15, 0.2) is 0 Å². The van der Waals surface area contributed by atoms with E-state index < -0.39 is 0 Å². The molecular weight excluding hydrogens is 188 g/mol. The zero-order chi connectivity index (χ0) is 9.90. The number of carbonyl (C=O) groups is 1. The molecule has 0 saturated heterocycles. The minimum absolute atomic E-state index is 0.295. The third kappa shape index (κ3) is 2.18. The second-order valence-corrected chi connectivity index (χ2v) is 3.29. The first kappa shape index (κ1) is 10.4. The highest BCUT2D eigenvalue weighted by atomic mass is 35.5. The van der Waals surface area contributed by atoms with Crippen LogP contribution in [-0.2, 0) is 4.79 Å². The average Bonchev–Trinajstić information content (AvgIpc) is 2.18. The van der Waals surface area contributed by atoms with E-state index in [4.69, 9.17) is 11.6 Å². The highest BCUT2D eigenvalue weighted by molar-refractivity contribution is 6.64. The molecule has 0 saturated carbocycles. The number of rotatable bonds is 3. The maximum Gasteiger partial charge on any atom is 0.232 e. The maximum atomic E-state index is 10.8. The van der Waals surface area contributed by atoms with E-state index in [2.05, 4.69) is 10.6 Å². The molecule has 1 aliphatic rings. The third-order valence-corrected chi connectivity index (χ3v) is 2.47. The Balaban J connectivity index is 2.77. The third-order valence-electron chi connectivity index (χ3n) is 2.22. The van der Waals surface area contributed by atoms with Gasteiger partial charge in [-0.2, -0.15) is 0 Å². The van der Waals surface area contributed by atoms with E-state index in [1.165, 1.54) is 0 Å². The van der Waals surface area contributed by atoms with Crippen molar-refractivity contribution in [3.63, 3.8) is 0 Å². The predicted molar refractivity (Wildman–Crippen MR) is 53.5 cm³/mol. The molecule has 0 radical (unpaired) electrons. The lowest BCUT2D eigenvalue weighted by atomic mass is 9.97. The van der Waals surface area contributed by atoms with Gasteiger partial charge in [0.1, 0.15) is 5.66 Å². The van der Waals surface area contributed by atoms with Crippen molar-refractivity contribution >= 4 is 16.8 Å². The molecule has 0 spiro atoms. The molecule has 72 valence electrons. The summed E-state index contributed by atoms with van der Waals surface area (Å²) in [6.07, 6.45) is 7.33. The fourth-order valence-corrected chi connectivity index (χ4v) is 1.39. The van der Waals surface area contributed by atoms with Crippen LogP contribution in [0.1, 0.15) is 0 Å². The molecule has 0 amide bonds.